The Morgan fingerprint density at radius 1 is 0.684 bits per heavy atom. The number of nitrogens with one attached hydrogen (secondary N) is 9. The predicted octanol–water partition coefficient (Wildman–Crippen LogP) is -1.29. The smallest absolute Gasteiger partial charge is 0.317 e. The van der Waals surface area contributed by atoms with Crippen LogP contribution >= 0.6 is 0 Å². The van der Waals surface area contributed by atoms with E-state index < -0.39 is 72.1 Å². The van der Waals surface area contributed by atoms with Crippen molar-refractivity contribution in [1.82, 2.24) is 47.4 Å². The zero-order valence-corrected chi connectivity index (χ0v) is 42.2. The maximum Gasteiger partial charge on any atom is 0.317 e. The highest BCUT2D eigenvalue weighted by atomic mass is 16.4. The molecule has 1 saturated heterocycles. The number of rotatable bonds is 24. The zero-order valence-electron chi connectivity index (χ0n) is 42.2. The fraction of sp³-hybridized carbons (Fsp3) is 0.385. The second kappa shape index (κ2) is 29.9. The van der Waals surface area contributed by atoms with Gasteiger partial charge in [-0.3, -0.25) is 48.1 Å². The fourth-order valence-electron chi connectivity index (χ4n) is 8.11. The largest absolute Gasteiger partial charge is 0.508 e. The molecule has 0 radical (unpaired) electrons. The molecule has 0 unspecified atom stereocenters. The van der Waals surface area contributed by atoms with Crippen molar-refractivity contribution < 1.29 is 53.4 Å². The van der Waals surface area contributed by atoms with E-state index in [4.69, 9.17) is 16.6 Å². The monoisotopic (exact) mass is 1050 g/mol. The van der Waals surface area contributed by atoms with Crippen LogP contribution in [0.5, 0.6) is 5.75 Å². The van der Waals surface area contributed by atoms with Gasteiger partial charge >= 0.3 is 5.97 Å². The molecule has 5 rings (SSSR count). The Labute approximate surface area is 438 Å². The first-order valence-corrected chi connectivity index (χ1v) is 24.8. The summed E-state index contributed by atoms with van der Waals surface area (Å²) in [5, 5.41) is 45.0. The summed E-state index contributed by atoms with van der Waals surface area (Å²) in [6.07, 6.45) is 0.275. The van der Waals surface area contributed by atoms with Gasteiger partial charge in [0.15, 0.2) is 5.96 Å². The Morgan fingerprint density at radius 2 is 1.36 bits per heavy atom. The molecular formula is C52H67N13O11. The molecule has 76 heavy (non-hydrogen) atoms. The van der Waals surface area contributed by atoms with Crippen molar-refractivity contribution in [1.29, 1.82) is 0 Å². The number of hydrogen-bond acceptors (Lipinski definition) is 13. The van der Waals surface area contributed by atoms with Gasteiger partial charge in [-0.1, -0.05) is 54.6 Å². The number of carboxylic acid groups (broad SMARTS) is 1. The molecule has 1 heterocycles. The highest BCUT2D eigenvalue weighted by Gasteiger charge is 2.35. The molecule has 15 N–H and O–H groups in total. The number of aliphatic carboxylic acids is 1. The Kier molecular flexibility index (Phi) is 22.9. The van der Waals surface area contributed by atoms with Gasteiger partial charge in [0.25, 0.3) is 5.91 Å². The molecule has 0 saturated carbocycles. The quantitative estimate of drug-likeness (QED) is 0.0221. The zero-order chi connectivity index (χ0) is 55.0. The summed E-state index contributed by atoms with van der Waals surface area (Å²) in [6.45, 7) is 0.166. The lowest BCUT2D eigenvalue weighted by molar-refractivity contribution is -0.142. The molecule has 1 aliphatic rings. The molecule has 4 aromatic carbocycles. The summed E-state index contributed by atoms with van der Waals surface area (Å²) in [5.41, 5.74) is 13.0. The van der Waals surface area contributed by atoms with Crippen LogP contribution in [0, 0.1) is 0 Å². The van der Waals surface area contributed by atoms with Gasteiger partial charge in [-0.25, -0.2) is 0 Å². The molecule has 1 aliphatic heterocycles. The van der Waals surface area contributed by atoms with Gasteiger partial charge in [0, 0.05) is 70.3 Å². The van der Waals surface area contributed by atoms with E-state index in [1.54, 1.807) is 12.1 Å². The van der Waals surface area contributed by atoms with Crippen molar-refractivity contribution in [2.75, 3.05) is 64.7 Å². The Bertz CT molecular complexity index is 2700. The third-order valence-electron chi connectivity index (χ3n) is 12.1. The van der Waals surface area contributed by atoms with Crippen molar-refractivity contribution in [3.63, 3.8) is 0 Å². The molecule has 4 aromatic rings. The number of phenols is 1. The molecule has 0 aliphatic carbocycles. The molecule has 406 valence electrons. The summed E-state index contributed by atoms with van der Waals surface area (Å²) in [4.78, 5) is 124. The summed E-state index contributed by atoms with van der Waals surface area (Å²) >= 11 is 0. The summed E-state index contributed by atoms with van der Waals surface area (Å²) in [6, 6.07) is 20.3. The molecule has 1 fully saturated rings. The summed E-state index contributed by atoms with van der Waals surface area (Å²) < 4.78 is 0. The van der Waals surface area contributed by atoms with Crippen molar-refractivity contribution in [2.24, 2.45) is 16.5 Å². The van der Waals surface area contributed by atoms with Gasteiger partial charge in [0.05, 0.1) is 19.6 Å². The maximum absolute atomic E-state index is 14.6. The lowest BCUT2D eigenvalue weighted by Gasteiger charge is -2.32. The van der Waals surface area contributed by atoms with Crippen LogP contribution in [0.4, 0.5) is 5.69 Å². The number of carbonyl (C=O) groups excluding carboxylic acids is 8. The van der Waals surface area contributed by atoms with Gasteiger partial charge in [-0.15, -0.1) is 0 Å². The first-order chi connectivity index (χ1) is 36.4. The first kappa shape index (κ1) is 58.3. The van der Waals surface area contributed by atoms with E-state index in [-0.39, 0.29) is 107 Å². The number of likely N-dealkylation sites (N-methyl/N-ethyl adjacent to an activating group) is 1. The minimum Gasteiger partial charge on any atom is -0.508 e. The molecule has 0 spiro atoms. The minimum atomic E-state index is -1.27. The van der Waals surface area contributed by atoms with E-state index in [0.717, 1.165) is 10.8 Å². The first-order valence-electron chi connectivity index (χ1n) is 24.8. The number of anilines is 1. The number of aromatic hydroxyl groups is 1. The molecule has 4 atom stereocenters. The van der Waals surface area contributed by atoms with E-state index in [1.165, 1.54) is 48.3 Å². The van der Waals surface area contributed by atoms with E-state index in [0.29, 0.717) is 29.9 Å². The molecular weight excluding hydrogens is 983 g/mol. The number of hydrogen-bond donors (Lipinski definition) is 13. The van der Waals surface area contributed by atoms with Crippen LogP contribution in [-0.2, 0) is 51.2 Å². The SMILES string of the molecule is CN1C(=O)[C@@H](Cc2ccc(O)cc2)NC(=O)CNC(=O)[C@H](Cc2ccc3ccccc3c2)NC(=O)[C@H](CCCN=C(N)N)NC(=O)[C@H]1CCCNC(=O)c1ccc(NC(=O)CCNC(=O)CNCCNCC(=O)O)cc1. The number of fused-ring (bicyclic) bond motifs is 1. The number of phenolic OH excluding ortho intramolecular Hbond substituents is 1. The van der Waals surface area contributed by atoms with Crippen molar-refractivity contribution >= 4 is 75.6 Å². The predicted molar refractivity (Wildman–Crippen MR) is 282 cm³/mol. The Hall–Kier alpha value is -8.64. The Balaban J connectivity index is 1.28. The van der Waals surface area contributed by atoms with Gasteiger partial charge in [0.1, 0.15) is 29.9 Å². The fourth-order valence-corrected chi connectivity index (χ4v) is 8.11. The highest BCUT2D eigenvalue weighted by molar-refractivity contribution is 5.98. The number of amides is 8. The number of nitrogens with two attached hydrogens (primary N) is 2. The Morgan fingerprint density at radius 3 is 2.07 bits per heavy atom. The van der Waals surface area contributed by atoms with Crippen LogP contribution in [-0.4, -0.2) is 158 Å². The summed E-state index contributed by atoms with van der Waals surface area (Å²) in [7, 11) is 1.39. The third-order valence-corrected chi connectivity index (χ3v) is 12.1. The average Bonchev–Trinajstić information content (AvgIpc) is 3.39. The molecule has 0 bridgehead atoms. The van der Waals surface area contributed by atoms with Gasteiger partial charge < -0.3 is 74.4 Å². The number of aliphatic imine (C=N–C) groups is 1. The standard InChI is InChI=1S/C52H67N13O11/c1-65-42(9-5-21-58-47(72)35-14-16-37(17-15-35)61-43(67)20-23-57-44(68)29-55-24-25-56-31-46(70)71)50(75)63-39(8-4-22-59-52(53)54)49(74)64-40(28-33-10-13-34-6-2-3-7-36(34)26-33)48(73)60-30-45(69)62-41(51(65)76)27-32-11-18-38(66)19-12-32/h2-3,6-7,10-19,26,39-42,55-56,66H,4-5,8-9,20-25,27-31H2,1H3,(H,57,68)(H,58,72)(H,60,73)(H,61,67)(H,62,69)(H,63,75)(H,64,74)(H,70,71)(H4,53,54,59)/t39-,40-,41+,42+/m0/s1. The minimum absolute atomic E-state index is 0.0144. The topological polar surface area (TPSA) is 370 Å². The third kappa shape index (κ3) is 19.7. The van der Waals surface area contributed by atoms with Crippen LogP contribution in [0.15, 0.2) is 96.0 Å². The highest BCUT2D eigenvalue weighted by Crippen LogP contribution is 2.19. The van der Waals surface area contributed by atoms with E-state index in [1.807, 2.05) is 42.5 Å². The lowest BCUT2D eigenvalue weighted by Crippen LogP contribution is -2.58. The van der Waals surface area contributed by atoms with Crippen LogP contribution < -0.4 is 59.3 Å². The van der Waals surface area contributed by atoms with Gasteiger partial charge in [-0.05, 0) is 84.0 Å². The number of carbonyl (C=O) groups is 9. The number of benzene rings is 4. The van der Waals surface area contributed by atoms with Crippen LogP contribution in [0.2, 0.25) is 0 Å². The van der Waals surface area contributed by atoms with Gasteiger partial charge in [-0.2, -0.15) is 0 Å². The molecule has 24 heteroatoms. The van der Waals surface area contributed by atoms with Gasteiger partial charge in [0.2, 0.25) is 41.4 Å². The van der Waals surface area contributed by atoms with Crippen molar-refractivity contribution in [2.45, 2.75) is 69.1 Å². The average molecular weight is 1050 g/mol. The molecule has 24 nitrogen and oxygen atoms in total. The second-order valence-electron chi connectivity index (χ2n) is 18.0. The van der Waals surface area contributed by atoms with Crippen molar-refractivity contribution in [3.8, 4) is 5.75 Å². The van der Waals surface area contributed by atoms with E-state index in [2.05, 4.69) is 52.8 Å². The van der Waals surface area contributed by atoms with E-state index in [9.17, 15) is 48.3 Å². The number of nitrogens with zero attached hydrogens (tertiary/aromatic N) is 2. The van der Waals surface area contributed by atoms with Crippen LogP contribution in [0.3, 0.4) is 0 Å². The van der Waals surface area contributed by atoms with Crippen LogP contribution in [0.1, 0.15) is 53.6 Å². The maximum atomic E-state index is 14.6. The molecule has 0 aromatic heterocycles. The van der Waals surface area contributed by atoms with Crippen molar-refractivity contribution in [3.05, 3.63) is 108 Å². The number of carboxylic acids is 1. The second-order valence-corrected chi connectivity index (χ2v) is 18.0. The normalized spacial score (nSPS) is 17.4. The summed E-state index contributed by atoms with van der Waals surface area (Å²) in [5.74, 6) is -5.94. The number of guanidine groups is 1. The van der Waals surface area contributed by atoms with E-state index >= 15 is 0 Å². The lowest BCUT2D eigenvalue weighted by atomic mass is 10.00. The van der Waals surface area contributed by atoms with Crippen LogP contribution in [0.25, 0.3) is 10.8 Å². The molecule has 8 amide bonds.